The largest absolute Gasteiger partial charge is 0.395 e. The van der Waals surface area contributed by atoms with Crippen molar-refractivity contribution in [1.82, 2.24) is 4.98 Å². The van der Waals surface area contributed by atoms with Crippen LogP contribution in [0.15, 0.2) is 18.3 Å². The molecule has 0 radical (unpaired) electrons. The van der Waals surface area contributed by atoms with Gasteiger partial charge in [-0.15, -0.1) is 0 Å². The zero-order valence-corrected chi connectivity index (χ0v) is 9.07. The Morgan fingerprint density at radius 3 is 2.71 bits per heavy atom. The molecule has 0 bridgehead atoms. The van der Waals surface area contributed by atoms with E-state index in [0.717, 1.165) is 11.4 Å². The summed E-state index contributed by atoms with van der Waals surface area (Å²) in [5.74, 6) is 0. The summed E-state index contributed by atoms with van der Waals surface area (Å²) >= 11 is 0. The summed E-state index contributed by atoms with van der Waals surface area (Å²) in [6.07, 6.45) is 1.80. The molecule has 3 heteroatoms. The Kier molecular flexibility index (Phi) is 3.89. The average molecular weight is 194 g/mol. The Hall–Kier alpha value is -1.09. The highest BCUT2D eigenvalue weighted by Gasteiger charge is 2.09. The summed E-state index contributed by atoms with van der Waals surface area (Å²) in [5, 5.41) is 8.96. The lowest BCUT2D eigenvalue weighted by atomic mass is 10.2. The normalized spacial score (nSPS) is 10.6. The number of aromatic nitrogens is 1. The van der Waals surface area contributed by atoms with Crippen molar-refractivity contribution in [3.8, 4) is 0 Å². The topological polar surface area (TPSA) is 36.4 Å². The van der Waals surface area contributed by atoms with E-state index in [1.54, 1.807) is 6.20 Å². The molecular formula is C11H18N2O. The predicted molar refractivity (Wildman–Crippen MR) is 58.5 cm³/mol. The Labute approximate surface area is 85.4 Å². The van der Waals surface area contributed by atoms with Gasteiger partial charge >= 0.3 is 0 Å². The molecule has 1 aromatic heterocycles. The Bertz CT molecular complexity index is 286. The van der Waals surface area contributed by atoms with Gasteiger partial charge in [0.25, 0.3) is 0 Å². The van der Waals surface area contributed by atoms with Gasteiger partial charge in [-0.25, -0.2) is 0 Å². The van der Waals surface area contributed by atoms with Gasteiger partial charge in [-0.1, -0.05) is 0 Å². The molecule has 0 aliphatic carbocycles. The lowest BCUT2D eigenvalue weighted by molar-refractivity contribution is 0.299. The van der Waals surface area contributed by atoms with Gasteiger partial charge in [0.1, 0.15) is 0 Å². The predicted octanol–water partition coefficient (Wildman–Crippen LogP) is 1.60. The van der Waals surface area contributed by atoms with E-state index in [1.807, 2.05) is 19.1 Å². The fraction of sp³-hybridized carbons (Fsp3) is 0.545. The van der Waals surface area contributed by atoms with Gasteiger partial charge in [-0.3, -0.25) is 4.98 Å². The van der Waals surface area contributed by atoms with Crippen molar-refractivity contribution < 1.29 is 5.11 Å². The Balaban J connectivity index is 2.87. The second kappa shape index (κ2) is 4.96. The van der Waals surface area contributed by atoms with E-state index in [9.17, 15) is 0 Å². The Morgan fingerprint density at radius 1 is 1.50 bits per heavy atom. The summed E-state index contributed by atoms with van der Waals surface area (Å²) in [4.78, 5) is 6.31. The van der Waals surface area contributed by atoms with Crippen LogP contribution in [-0.2, 0) is 0 Å². The smallest absolute Gasteiger partial charge is 0.0606 e. The van der Waals surface area contributed by atoms with Crippen LogP contribution < -0.4 is 4.90 Å². The first-order valence-corrected chi connectivity index (χ1v) is 4.95. The van der Waals surface area contributed by atoms with E-state index in [-0.39, 0.29) is 6.61 Å². The van der Waals surface area contributed by atoms with Gasteiger partial charge in [0, 0.05) is 30.2 Å². The number of pyridine rings is 1. The minimum Gasteiger partial charge on any atom is -0.395 e. The first-order valence-electron chi connectivity index (χ1n) is 4.95. The molecule has 0 spiro atoms. The monoisotopic (exact) mass is 194 g/mol. The number of rotatable bonds is 4. The highest BCUT2D eigenvalue weighted by molar-refractivity contribution is 5.47. The van der Waals surface area contributed by atoms with Gasteiger partial charge in [0.15, 0.2) is 0 Å². The number of aliphatic hydroxyl groups is 1. The van der Waals surface area contributed by atoms with E-state index < -0.39 is 0 Å². The first-order chi connectivity index (χ1) is 6.65. The molecule has 0 atom stereocenters. The quantitative estimate of drug-likeness (QED) is 0.791. The summed E-state index contributed by atoms with van der Waals surface area (Å²) in [7, 11) is 0. The summed E-state index contributed by atoms with van der Waals surface area (Å²) in [6, 6.07) is 4.40. The van der Waals surface area contributed by atoms with Crippen LogP contribution in [-0.4, -0.2) is 29.3 Å². The van der Waals surface area contributed by atoms with Crippen molar-refractivity contribution in [2.45, 2.75) is 26.8 Å². The third-order valence-electron chi connectivity index (χ3n) is 2.18. The van der Waals surface area contributed by atoms with E-state index in [0.29, 0.717) is 12.6 Å². The molecule has 0 amide bonds. The molecule has 0 saturated heterocycles. The van der Waals surface area contributed by atoms with Crippen LogP contribution in [0.2, 0.25) is 0 Å². The highest BCUT2D eigenvalue weighted by Crippen LogP contribution is 2.16. The van der Waals surface area contributed by atoms with Gasteiger partial charge < -0.3 is 10.0 Å². The van der Waals surface area contributed by atoms with Crippen molar-refractivity contribution >= 4 is 5.69 Å². The maximum absolute atomic E-state index is 8.96. The SMILES string of the molecule is Cc1cc(N(CCO)C(C)C)ccn1. The molecule has 0 saturated carbocycles. The zero-order valence-electron chi connectivity index (χ0n) is 9.07. The van der Waals surface area contributed by atoms with Crippen LogP contribution in [0.1, 0.15) is 19.5 Å². The van der Waals surface area contributed by atoms with Crippen LogP contribution in [0.3, 0.4) is 0 Å². The molecule has 3 nitrogen and oxygen atoms in total. The van der Waals surface area contributed by atoms with Crippen LogP contribution in [0.5, 0.6) is 0 Å². The lowest BCUT2D eigenvalue weighted by Crippen LogP contribution is -2.33. The molecule has 0 fully saturated rings. The minimum atomic E-state index is 0.180. The average Bonchev–Trinajstić information content (AvgIpc) is 2.13. The second-order valence-electron chi connectivity index (χ2n) is 3.67. The zero-order chi connectivity index (χ0) is 10.6. The molecule has 0 aliphatic rings. The first kappa shape index (κ1) is 11.0. The number of aryl methyl sites for hydroxylation is 1. The molecule has 78 valence electrons. The molecule has 1 rings (SSSR count). The van der Waals surface area contributed by atoms with Crippen LogP contribution >= 0.6 is 0 Å². The van der Waals surface area contributed by atoms with Crippen molar-refractivity contribution in [1.29, 1.82) is 0 Å². The van der Waals surface area contributed by atoms with E-state index in [4.69, 9.17) is 5.11 Å². The molecular weight excluding hydrogens is 176 g/mol. The van der Waals surface area contributed by atoms with Gasteiger partial charge in [-0.05, 0) is 32.9 Å². The number of nitrogens with zero attached hydrogens (tertiary/aromatic N) is 2. The molecule has 0 aromatic carbocycles. The van der Waals surface area contributed by atoms with Crippen LogP contribution in [0, 0.1) is 6.92 Å². The number of hydrogen-bond donors (Lipinski definition) is 1. The fourth-order valence-electron chi connectivity index (χ4n) is 1.50. The number of anilines is 1. The third kappa shape index (κ3) is 2.70. The highest BCUT2D eigenvalue weighted by atomic mass is 16.3. The van der Waals surface area contributed by atoms with Crippen molar-refractivity contribution in [3.05, 3.63) is 24.0 Å². The standard InChI is InChI=1S/C11H18N2O/c1-9(2)13(6-7-14)11-4-5-12-10(3)8-11/h4-5,8-9,14H,6-7H2,1-3H3. The third-order valence-corrected chi connectivity index (χ3v) is 2.18. The maximum Gasteiger partial charge on any atom is 0.0606 e. The van der Waals surface area contributed by atoms with E-state index in [1.165, 1.54) is 0 Å². The van der Waals surface area contributed by atoms with E-state index >= 15 is 0 Å². The summed E-state index contributed by atoms with van der Waals surface area (Å²) < 4.78 is 0. The van der Waals surface area contributed by atoms with E-state index in [2.05, 4.69) is 23.7 Å². The van der Waals surface area contributed by atoms with Crippen LogP contribution in [0.25, 0.3) is 0 Å². The summed E-state index contributed by atoms with van der Waals surface area (Å²) in [5.41, 5.74) is 2.13. The fourth-order valence-corrected chi connectivity index (χ4v) is 1.50. The molecule has 0 aliphatic heterocycles. The number of hydrogen-bond acceptors (Lipinski definition) is 3. The second-order valence-corrected chi connectivity index (χ2v) is 3.67. The molecule has 14 heavy (non-hydrogen) atoms. The summed E-state index contributed by atoms with van der Waals surface area (Å²) in [6.45, 7) is 7.05. The van der Waals surface area contributed by atoms with Crippen molar-refractivity contribution in [3.63, 3.8) is 0 Å². The van der Waals surface area contributed by atoms with Crippen molar-refractivity contribution in [2.75, 3.05) is 18.1 Å². The molecule has 1 heterocycles. The molecule has 1 aromatic rings. The number of aliphatic hydroxyl groups excluding tert-OH is 1. The van der Waals surface area contributed by atoms with Gasteiger partial charge in [0.2, 0.25) is 0 Å². The van der Waals surface area contributed by atoms with Crippen LogP contribution in [0.4, 0.5) is 5.69 Å². The van der Waals surface area contributed by atoms with Gasteiger partial charge in [0.05, 0.1) is 6.61 Å². The lowest BCUT2D eigenvalue weighted by Gasteiger charge is -2.28. The Morgan fingerprint density at radius 2 is 2.21 bits per heavy atom. The minimum absolute atomic E-state index is 0.180. The van der Waals surface area contributed by atoms with Gasteiger partial charge in [-0.2, -0.15) is 0 Å². The molecule has 1 N–H and O–H groups in total. The maximum atomic E-state index is 8.96. The van der Waals surface area contributed by atoms with Crippen molar-refractivity contribution in [2.24, 2.45) is 0 Å². The molecule has 0 unspecified atom stereocenters.